The van der Waals surface area contributed by atoms with E-state index in [0.717, 1.165) is 15.9 Å². The highest BCUT2D eigenvalue weighted by Crippen LogP contribution is 2.30. The van der Waals surface area contributed by atoms with E-state index in [4.69, 9.17) is 4.74 Å². The molecule has 100 valence electrons. The van der Waals surface area contributed by atoms with Crippen LogP contribution in [0.1, 0.15) is 31.9 Å². The number of rotatable bonds is 2. The summed E-state index contributed by atoms with van der Waals surface area (Å²) in [4.78, 5) is 4.28. The van der Waals surface area contributed by atoms with Crippen LogP contribution in [0.4, 0.5) is 0 Å². The van der Waals surface area contributed by atoms with Gasteiger partial charge < -0.3 is 4.74 Å². The van der Waals surface area contributed by atoms with Crippen molar-refractivity contribution in [1.82, 2.24) is 4.98 Å². The van der Waals surface area contributed by atoms with Gasteiger partial charge in [-0.05, 0) is 51.5 Å². The first-order chi connectivity index (χ1) is 8.86. The molecule has 2 aromatic rings. The first-order valence-corrected chi connectivity index (χ1v) is 7.07. The molecule has 0 spiro atoms. The molecule has 0 bridgehead atoms. The summed E-state index contributed by atoms with van der Waals surface area (Å²) >= 11 is 3.34. The van der Waals surface area contributed by atoms with Gasteiger partial charge in [-0.2, -0.15) is 0 Å². The molecule has 0 N–H and O–H groups in total. The molecule has 0 saturated carbocycles. The first kappa shape index (κ1) is 14.1. The molecule has 1 heterocycles. The molecule has 2 nitrogen and oxygen atoms in total. The summed E-state index contributed by atoms with van der Waals surface area (Å²) < 4.78 is 6.59. The Balaban J connectivity index is 2.27. The number of ether oxygens (including phenoxy) is 1. The van der Waals surface area contributed by atoms with Crippen LogP contribution >= 0.6 is 15.9 Å². The minimum Gasteiger partial charge on any atom is -0.439 e. The van der Waals surface area contributed by atoms with Crippen molar-refractivity contribution in [3.63, 3.8) is 0 Å². The Morgan fingerprint density at radius 3 is 2.42 bits per heavy atom. The molecule has 0 amide bonds. The minimum absolute atomic E-state index is 0.150. The van der Waals surface area contributed by atoms with Gasteiger partial charge in [-0.25, -0.2) is 4.98 Å². The maximum atomic E-state index is 5.82. The van der Waals surface area contributed by atoms with Gasteiger partial charge in [-0.15, -0.1) is 0 Å². The van der Waals surface area contributed by atoms with Crippen LogP contribution in [0.5, 0.6) is 11.6 Å². The van der Waals surface area contributed by atoms with Crippen molar-refractivity contribution < 1.29 is 4.74 Å². The van der Waals surface area contributed by atoms with Crippen LogP contribution in [0.15, 0.2) is 41.0 Å². The average molecular weight is 320 g/mol. The van der Waals surface area contributed by atoms with Crippen LogP contribution in [0.2, 0.25) is 0 Å². The molecule has 19 heavy (non-hydrogen) atoms. The predicted molar refractivity (Wildman–Crippen MR) is 81.9 cm³/mol. The summed E-state index contributed by atoms with van der Waals surface area (Å²) in [5.74, 6) is 1.44. The van der Waals surface area contributed by atoms with Gasteiger partial charge in [-0.3, -0.25) is 0 Å². The van der Waals surface area contributed by atoms with Gasteiger partial charge in [0, 0.05) is 6.07 Å². The van der Waals surface area contributed by atoms with Crippen molar-refractivity contribution >= 4 is 15.9 Å². The Morgan fingerprint density at radius 1 is 1.11 bits per heavy atom. The fraction of sp³-hybridized carbons (Fsp3) is 0.312. The molecule has 3 heteroatoms. The Kier molecular flexibility index (Phi) is 3.95. The fourth-order valence-corrected chi connectivity index (χ4v) is 2.12. The molecule has 0 unspecified atom stereocenters. The van der Waals surface area contributed by atoms with Gasteiger partial charge in [0.1, 0.15) is 10.4 Å². The SMILES string of the molecule is Cc1cc(C(C)(C)C)ccc1Oc1cccc(Br)n1. The highest BCUT2D eigenvalue weighted by Gasteiger charge is 2.15. The number of hydrogen-bond donors (Lipinski definition) is 0. The monoisotopic (exact) mass is 319 g/mol. The largest absolute Gasteiger partial charge is 0.439 e. The van der Waals surface area contributed by atoms with Crippen molar-refractivity contribution in [3.05, 3.63) is 52.1 Å². The molecule has 0 aliphatic rings. The van der Waals surface area contributed by atoms with Crippen LogP contribution in [-0.2, 0) is 5.41 Å². The molecular weight excluding hydrogens is 302 g/mol. The zero-order valence-electron chi connectivity index (χ0n) is 11.7. The van der Waals surface area contributed by atoms with E-state index in [-0.39, 0.29) is 5.41 Å². The summed E-state index contributed by atoms with van der Waals surface area (Å²) in [7, 11) is 0. The van der Waals surface area contributed by atoms with Gasteiger partial charge in [-0.1, -0.05) is 39.0 Å². The van der Waals surface area contributed by atoms with Gasteiger partial charge in [0.05, 0.1) is 0 Å². The molecule has 0 aliphatic carbocycles. The highest BCUT2D eigenvalue weighted by molar-refractivity contribution is 9.10. The molecule has 2 rings (SSSR count). The zero-order chi connectivity index (χ0) is 14.0. The van der Waals surface area contributed by atoms with Gasteiger partial charge in [0.25, 0.3) is 0 Å². The molecule has 0 aliphatic heterocycles. The van der Waals surface area contributed by atoms with Gasteiger partial charge in [0.15, 0.2) is 0 Å². The summed E-state index contributed by atoms with van der Waals surface area (Å²) in [6.07, 6.45) is 0. The van der Waals surface area contributed by atoms with Crippen LogP contribution in [0, 0.1) is 6.92 Å². The van der Waals surface area contributed by atoms with E-state index in [2.05, 4.69) is 60.7 Å². The van der Waals surface area contributed by atoms with Crippen molar-refractivity contribution in [2.24, 2.45) is 0 Å². The zero-order valence-corrected chi connectivity index (χ0v) is 13.3. The predicted octanol–water partition coefficient (Wildman–Crippen LogP) is 5.24. The maximum absolute atomic E-state index is 5.82. The second-order valence-corrected chi connectivity index (χ2v) is 6.44. The summed E-state index contributed by atoms with van der Waals surface area (Å²) in [6, 6.07) is 11.9. The normalized spacial score (nSPS) is 11.4. The number of aryl methyl sites for hydroxylation is 1. The second-order valence-electron chi connectivity index (χ2n) is 5.63. The van der Waals surface area contributed by atoms with Crippen molar-refractivity contribution in [1.29, 1.82) is 0 Å². The smallest absolute Gasteiger partial charge is 0.220 e. The molecule has 1 aromatic carbocycles. The number of hydrogen-bond acceptors (Lipinski definition) is 2. The van der Waals surface area contributed by atoms with Crippen LogP contribution < -0.4 is 4.74 Å². The topological polar surface area (TPSA) is 22.1 Å². The summed E-state index contributed by atoms with van der Waals surface area (Å²) in [5, 5.41) is 0. The van der Waals surface area contributed by atoms with Gasteiger partial charge in [0.2, 0.25) is 5.88 Å². The number of pyridine rings is 1. The van der Waals surface area contributed by atoms with E-state index in [1.54, 1.807) is 0 Å². The van der Waals surface area contributed by atoms with Crippen LogP contribution in [0.3, 0.4) is 0 Å². The third-order valence-corrected chi connectivity index (χ3v) is 3.39. The van der Waals surface area contributed by atoms with E-state index in [1.165, 1.54) is 5.56 Å². The fourth-order valence-electron chi connectivity index (χ4n) is 1.79. The molecular formula is C16H18BrNO. The van der Waals surface area contributed by atoms with Gasteiger partial charge >= 0.3 is 0 Å². The molecule has 0 atom stereocenters. The summed E-state index contributed by atoms with van der Waals surface area (Å²) in [6.45, 7) is 8.68. The Bertz CT molecular complexity index is 588. The van der Waals surface area contributed by atoms with Crippen LogP contribution in [0.25, 0.3) is 0 Å². The average Bonchev–Trinajstić information content (AvgIpc) is 2.30. The third-order valence-electron chi connectivity index (χ3n) is 2.95. The lowest BCUT2D eigenvalue weighted by Gasteiger charge is -2.20. The van der Waals surface area contributed by atoms with E-state index < -0.39 is 0 Å². The number of aromatic nitrogens is 1. The maximum Gasteiger partial charge on any atom is 0.220 e. The van der Waals surface area contributed by atoms with Crippen molar-refractivity contribution in [2.45, 2.75) is 33.1 Å². The standard InChI is InChI=1S/C16H18BrNO/c1-11-10-12(16(2,3)4)8-9-13(11)19-15-7-5-6-14(17)18-15/h5-10H,1-4H3. The lowest BCUT2D eigenvalue weighted by Crippen LogP contribution is -2.11. The number of nitrogens with zero attached hydrogens (tertiary/aromatic N) is 1. The lowest BCUT2D eigenvalue weighted by molar-refractivity contribution is 0.457. The first-order valence-electron chi connectivity index (χ1n) is 6.28. The minimum atomic E-state index is 0.150. The Hall–Kier alpha value is -1.35. The van der Waals surface area contributed by atoms with Crippen molar-refractivity contribution in [2.75, 3.05) is 0 Å². The number of halogens is 1. The lowest BCUT2D eigenvalue weighted by atomic mass is 9.86. The third kappa shape index (κ3) is 3.57. The summed E-state index contributed by atoms with van der Waals surface area (Å²) in [5.41, 5.74) is 2.57. The Labute approximate surface area is 123 Å². The quantitative estimate of drug-likeness (QED) is 0.706. The highest BCUT2D eigenvalue weighted by atomic mass is 79.9. The van der Waals surface area contributed by atoms with E-state index in [0.29, 0.717) is 5.88 Å². The molecule has 0 saturated heterocycles. The van der Waals surface area contributed by atoms with E-state index in [1.807, 2.05) is 24.3 Å². The second kappa shape index (κ2) is 5.33. The molecule has 0 radical (unpaired) electrons. The van der Waals surface area contributed by atoms with E-state index >= 15 is 0 Å². The molecule has 1 aromatic heterocycles. The van der Waals surface area contributed by atoms with Crippen molar-refractivity contribution in [3.8, 4) is 11.6 Å². The van der Waals surface area contributed by atoms with E-state index in [9.17, 15) is 0 Å². The molecule has 0 fully saturated rings. The Morgan fingerprint density at radius 2 is 1.84 bits per heavy atom. The number of benzene rings is 1. The van der Waals surface area contributed by atoms with Crippen LogP contribution in [-0.4, -0.2) is 4.98 Å².